The summed E-state index contributed by atoms with van der Waals surface area (Å²) in [4.78, 5) is 31.5. The van der Waals surface area contributed by atoms with Crippen molar-refractivity contribution in [1.82, 2.24) is 14.8 Å². The first-order valence-corrected chi connectivity index (χ1v) is 9.88. The van der Waals surface area contributed by atoms with Crippen LogP contribution < -0.4 is 5.32 Å². The van der Waals surface area contributed by atoms with Crippen molar-refractivity contribution < 1.29 is 14.7 Å². The van der Waals surface area contributed by atoms with E-state index >= 15 is 0 Å². The molecule has 8 heteroatoms. The monoisotopic (exact) mass is 397 g/mol. The number of aliphatic carboxylic acids is 1. The summed E-state index contributed by atoms with van der Waals surface area (Å²) in [6, 6.07) is 6.89. The Bertz CT molecular complexity index is 922. The predicted octanol–water partition coefficient (Wildman–Crippen LogP) is 2.42. The van der Waals surface area contributed by atoms with Gasteiger partial charge in [-0.15, -0.1) is 0 Å². The zero-order valence-electron chi connectivity index (χ0n) is 16.8. The van der Waals surface area contributed by atoms with E-state index in [9.17, 15) is 14.7 Å². The van der Waals surface area contributed by atoms with Crippen molar-refractivity contribution in [3.63, 3.8) is 0 Å². The quantitative estimate of drug-likeness (QED) is 0.661. The van der Waals surface area contributed by atoms with Gasteiger partial charge < -0.3 is 15.4 Å². The van der Waals surface area contributed by atoms with Crippen LogP contribution in [0.4, 0.5) is 5.69 Å². The second-order valence-corrected chi connectivity index (χ2v) is 7.67. The maximum Gasteiger partial charge on any atom is 0.325 e. The van der Waals surface area contributed by atoms with E-state index < -0.39 is 12.0 Å². The van der Waals surface area contributed by atoms with Crippen LogP contribution in [-0.2, 0) is 9.59 Å². The van der Waals surface area contributed by atoms with Crippen molar-refractivity contribution in [3.05, 3.63) is 30.0 Å². The summed E-state index contributed by atoms with van der Waals surface area (Å²) in [6.45, 7) is 7.09. The number of fused-ring (bicyclic) bond motifs is 1. The van der Waals surface area contributed by atoms with Crippen LogP contribution in [0.2, 0.25) is 0 Å². The highest BCUT2D eigenvalue weighted by Gasteiger charge is 2.32. The second-order valence-electron chi connectivity index (χ2n) is 7.67. The number of nitrogens with zero attached hydrogens (tertiary/aromatic N) is 3. The fourth-order valence-corrected chi connectivity index (χ4v) is 3.67. The van der Waals surface area contributed by atoms with Crippen molar-refractivity contribution in [2.45, 2.75) is 26.3 Å². The Kier molecular flexibility index (Phi) is 6.52. The fourth-order valence-electron chi connectivity index (χ4n) is 3.67. The highest BCUT2D eigenvalue weighted by atomic mass is 16.4. The summed E-state index contributed by atoms with van der Waals surface area (Å²) in [6.07, 6.45) is 2.23. The average molecular weight is 397 g/mol. The standard InChI is InChI=1S/C21H27N5O3/c1-14(2)20(27)24-15-4-5-18-16(12-15)17(13-23-18)19(21(28)29)26-10-8-25(9-11-26)7-3-6-22/h4-5,12-14,19,23H,3,7-11H2,1-2H3,(H,24,27)(H,28,29)/t19-/m1/s1. The third-order valence-corrected chi connectivity index (χ3v) is 5.35. The minimum Gasteiger partial charge on any atom is -0.480 e. The molecule has 0 spiro atoms. The van der Waals surface area contributed by atoms with E-state index in [1.54, 1.807) is 6.20 Å². The third-order valence-electron chi connectivity index (χ3n) is 5.35. The number of aromatic nitrogens is 1. The lowest BCUT2D eigenvalue weighted by molar-refractivity contribution is -0.144. The van der Waals surface area contributed by atoms with E-state index in [2.05, 4.69) is 21.3 Å². The van der Waals surface area contributed by atoms with Crippen molar-refractivity contribution in [2.75, 3.05) is 38.0 Å². The van der Waals surface area contributed by atoms with Crippen LogP contribution in [0.25, 0.3) is 10.9 Å². The van der Waals surface area contributed by atoms with Gasteiger partial charge in [0.15, 0.2) is 0 Å². The van der Waals surface area contributed by atoms with Crippen molar-refractivity contribution in [1.29, 1.82) is 5.26 Å². The molecule has 1 aromatic heterocycles. The number of piperazine rings is 1. The fraction of sp³-hybridized carbons (Fsp3) is 0.476. The average Bonchev–Trinajstić information content (AvgIpc) is 3.10. The van der Waals surface area contributed by atoms with Crippen molar-refractivity contribution in [3.8, 4) is 6.07 Å². The van der Waals surface area contributed by atoms with Gasteiger partial charge in [0.2, 0.25) is 5.91 Å². The first-order valence-electron chi connectivity index (χ1n) is 9.88. The molecule has 3 rings (SSSR count). The largest absolute Gasteiger partial charge is 0.480 e. The summed E-state index contributed by atoms with van der Waals surface area (Å²) < 4.78 is 0. The van der Waals surface area contributed by atoms with Gasteiger partial charge in [0.1, 0.15) is 6.04 Å². The van der Waals surface area contributed by atoms with Gasteiger partial charge in [0, 0.05) is 73.4 Å². The van der Waals surface area contributed by atoms with Crippen LogP contribution in [0, 0.1) is 17.2 Å². The summed E-state index contributed by atoms with van der Waals surface area (Å²) >= 11 is 0. The molecule has 0 bridgehead atoms. The molecule has 29 heavy (non-hydrogen) atoms. The minimum atomic E-state index is -0.895. The maximum atomic E-state index is 12.2. The minimum absolute atomic E-state index is 0.0790. The SMILES string of the molecule is CC(C)C(=O)Nc1ccc2[nH]cc([C@H](C(=O)O)N3CCN(CCC#N)CC3)c2c1. The number of carboxylic acid groups (broad SMARTS) is 1. The maximum absolute atomic E-state index is 12.2. The molecule has 1 amide bonds. The molecule has 1 fully saturated rings. The predicted molar refractivity (Wildman–Crippen MR) is 110 cm³/mol. The van der Waals surface area contributed by atoms with E-state index in [-0.39, 0.29) is 11.8 Å². The highest BCUT2D eigenvalue weighted by Crippen LogP contribution is 2.31. The number of hydrogen-bond acceptors (Lipinski definition) is 5. The number of nitriles is 1. The Morgan fingerprint density at radius 1 is 1.28 bits per heavy atom. The number of anilines is 1. The van der Waals surface area contributed by atoms with Crippen LogP contribution >= 0.6 is 0 Å². The molecule has 2 heterocycles. The molecule has 8 nitrogen and oxygen atoms in total. The van der Waals surface area contributed by atoms with Gasteiger partial charge in [0.05, 0.1) is 6.07 Å². The lowest BCUT2D eigenvalue weighted by Gasteiger charge is -2.37. The van der Waals surface area contributed by atoms with Gasteiger partial charge >= 0.3 is 5.97 Å². The van der Waals surface area contributed by atoms with Crippen LogP contribution in [0.1, 0.15) is 31.9 Å². The molecule has 3 N–H and O–H groups in total. The lowest BCUT2D eigenvalue weighted by Crippen LogP contribution is -2.49. The molecule has 1 saturated heterocycles. The summed E-state index contributed by atoms with van der Waals surface area (Å²) in [5, 5.41) is 22.4. The molecular formula is C21H27N5O3. The zero-order chi connectivity index (χ0) is 21.0. The number of hydrogen-bond donors (Lipinski definition) is 3. The number of amides is 1. The van der Waals surface area contributed by atoms with Gasteiger partial charge in [-0.3, -0.25) is 19.4 Å². The van der Waals surface area contributed by atoms with E-state index in [1.165, 1.54) is 0 Å². The third kappa shape index (κ3) is 4.75. The van der Waals surface area contributed by atoms with Gasteiger partial charge in [-0.1, -0.05) is 13.8 Å². The van der Waals surface area contributed by atoms with Crippen molar-refractivity contribution >= 4 is 28.5 Å². The van der Waals surface area contributed by atoms with E-state index in [0.717, 1.165) is 24.0 Å². The second kappa shape index (κ2) is 9.07. The normalized spacial score (nSPS) is 16.6. The van der Waals surface area contributed by atoms with Crippen LogP contribution in [-0.4, -0.2) is 64.5 Å². The summed E-state index contributed by atoms with van der Waals surface area (Å²) in [5.41, 5.74) is 2.18. The Balaban J connectivity index is 1.83. The van der Waals surface area contributed by atoms with Gasteiger partial charge in [-0.25, -0.2) is 0 Å². The lowest BCUT2D eigenvalue weighted by atomic mass is 10.0. The molecule has 154 valence electrons. The first kappa shape index (κ1) is 20.8. The number of carbonyl (C=O) groups is 2. The van der Waals surface area contributed by atoms with Crippen molar-refractivity contribution in [2.24, 2.45) is 5.92 Å². The smallest absolute Gasteiger partial charge is 0.325 e. The molecule has 0 unspecified atom stereocenters. The molecule has 0 aliphatic carbocycles. The number of carbonyl (C=O) groups excluding carboxylic acids is 1. The molecular weight excluding hydrogens is 370 g/mol. The van der Waals surface area contributed by atoms with Crippen LogP contribution in [0.15, 0.2) is 24.4 Å². The van der Waals surface area contributed by atoms with Crippen LogP contribution in [0.3, 0.4) is 0 Å². The van der Waals surface area contributed by atoms with Gasteiger partial charge in [-0.2, -0.15) is 5.26 Å². The van der Waals surface area contributed by atoms with Gasteiger partial charge in [0.25, 0.3) is 0 Å². The molecule has 1 atom stereocenters. The Labute approximate surface area is 170 Å². The number of rotatable bonds is 7. The number of carboxylic acids is 1. The van der Waals surface area contributed by atoms with Gasteiger partial charge in [-0.05, 0) is 18.2 Å². The molecule has 2 aromatic rings. The highest BCUT2D eigenvalue weighted by molar-refractivity contribution is 5.96. The summed E-state index contributed by atoms with van der Waals surface area (Å²) in [7, 11) is 0. The Hall–Kier alpha value is -2.89. The Morgan fingerprint density at radius 3 is 2.62 bits per heavy atom. The zero-order valence-corrected chi connectivity index (χ0v) is 16.8. The number of nitrogens with one attached hydrogen (secondary N) is 2. The van der Waals surface area contributed by atoms with Crippen LogP contribution in [0.5, 0.6) is 0 Å². The Morgan fingerprint density at radius 2 is 2.00 bits per heavy atom. The number of H-pyrrole nitrogens is 1. The van der Waals surface area contributed by atoms with E-state index in [0.29, 0.717) is 37.3 Å². The first-order chi connectivity index (χ1) is 13.9. The number of benzene rings is 1. The number of aromatic amines is 1. The van der Waals surface area contributed by atoms with E-state index in [4.69, 9.17) is 5.26 Å². The molecule has 0 radical (unpaired) electrons. The topological polar surface area (TPSA) is 112 Å². The molecule has 1 aliphatic heterocycles. The molecule has 1 aromatic carbocycles. The summed E-state index contributed by atoms with van der Waals surface area (Å²) in [5.74, 6) is -1.11. The molecule has 0 saturated carbocycles. The van der Waals surface area contributed by atoms with E-state index in [1.807, 2.05) is 36.9 Å². The molecule has 1 aliphatic rings.